The maximum atomic E-state index is 12.1. The average Bonchev–Trinajstić information content (AvgIpc) is 2.61. The van der Waals surface area contributed by atoms with Crippen LogP contribution >= 0.6 is 27.7 Å². The molecule has 1 aliphatic heterocycles. The maximum absolute atomic E-state index is 12.1. The lowest BCUT2D eigenvalue weighted by atomic mass is 10.1. The SMILES string of the molecule is O=C(C[C@@H]1Sc2ccccc2NC1=O)OCC(=O)c1ccc(Br)cc1. The Morgan fingerprint density at radius 2 is 1.84 bits per heavy atom. The third-order valence-corrected chi connectivity index (χ3v) is 5.39. The van der Waals surface area contributed by atoms with E-state index in [1.54, 1.807) is 24.3 Å². The van der Waals surface area contributed by atoms with Crippen molar-refractivity contribution in [3.63, 3.8) is 0 Å². The van der Waals surface area contributed by atoms with E-state index < -0.39 is 11.2 Å². The Kier molecular flexibility index (Phi) is 5.55. The zero-order chi connectivity index (χ0) is 17.8. The molecule has 0 bridgehead atoms. The summed E-state index contributed by atoms with van der Waals surface area (Å²) in [6.45, 7) is -0.337. The molecule has 25 heavy (non-hydrogen) atoms. The number of carbonyl (C=O) groups excluding carboxylic acids is 3. The number of hydrogen-bond donors (Lipinski definition) is 1. The number of fused-ring (bicyclic) bond motifs is 1. The Balaban J connectivity index is 1.53. The molecule has 0 unspecified atom stereocenters. The van der Waals surface area contributed by atoms with Crippen LogP contribution in [0.1, 0.15) is 16.8 Å². The van der Waals surface area contributed by atoms with E-state index in [9.17, 15) is 14.4 Å². The highest BCUT2D eigenvalue weighted by Gasteiger charge is 2.29. The van der Waals surface area contributed by atoms with Crippen LogP contribution in [0.15, 0.2) is 57.9 Å². The fourth-order valence-electron chi connectivity index (χ4n) is 2.30. The third-order valence-electron chi connectivity index (χ3n) is 3.59. The molecule has 2 aromatic rings. The number of Topliss-reactive ketones (excluding diaryl/α,β-unsaturated/α-hetero) is 1. The van der Waals surface area contributed by atoms with Gasteiger partial charge in [-0.3, -0.25) is 14.4 Å². The molecule has 0 aromatic heterocycles. The largest absolute Gasteiger partial charge is 0.457 e. The Bertz CT molecular complexity index is 822. The Morgan fingerprint density at radius 3 is 2.60 bits per heavy atom. The van der Waals surface area contributed by atoms with Crippen molar-refractivity contribution >= 4 is 51.0 Å². The topological polar surface area (TPSA) is 72.5 Å². The molecule has 0 radical (unpaired) electrons. The standard InChI is InChI=1S/C18H14BrNO4S/c19-12-7-5-11(6-8-12)14(21)10-24-17(22)9-16-18(23)20-13-3-1-2-4-15(13)25-16/h1-8,16H,9-10H2,(H,20,23)/t16-/m0/s1. The predicted molar refractivity (Wildman–Crippen MR) is 98.8 cm³/mol. The van der Waals surface area contributed by atoms with Gasteiger partial charge in [0.15, 0.2) is 12.4 Å². The van der Waals surface area contributed by atoms with Gasteiger partial charge in [0.25, 0.3) is 0 Å². The van der Waals surface area contributed by atoms with Crippen LogP contribution in [0.5, 0.6) is 0 Å². The quantitative estimate of drug-likeness (QED) is 0.590. The van der Waals surface area contributed by atoms with E-state index in [2.05, 4.69) is 21.2 Å². The van der Waals surface area contributed by atoms with Gasteiger partial charge in [-0.2, -0.15) is 0 Å². The zero-order valence-electron chi connectivity index (χ0n) is 13.0. The minimum atomic E-state index is -0.572. The number of esters is 1. The molecular weight excluding hydrogens is 406 g/mol. The van der Waals surface area contributed by atoms with Crippen molar-refractivity contribution in [2.75, 3.05) is 11.9 Å². The number of carbonyl (C=O) groups is 3. The molecule has 0 fully saturated rings. The molecule has 2 aromatic carbocycles. The van der Waals surface area contributed by atoms with Gasteiger partial charge in [0, 0.05) is 14.9 Å². The minimum absolute atomic E-state index is 0.0849. The van der Waals surface area contributed by atoms with E-state index in [0.717, 1.165) is 15.1 Å². The number of ether oxygens (including phenoxy) is 1. The summed E-state index contributed by atoms with van der Waals surface area (Å²) in [5.41, 5.74) is 1.21. The Hall–Kier alpha value is -2.12. The van der Waals surface area contributed by atoms with Crippen molar-refractivity contribution in [2.45, 2.75) is 16.6 Å². The van der Waals surface area contributed by atoms with Gasteiger partial charge in [-0.1, -0.05) is 40.2 Å². The summed E-state index contributed by atoms with van der Waals surface area (Å²) in [5, 5.41) is 2.21. The van der Waals surface area contributed by atoms with Gasteiger partial charge >= 0.3 is 5.97 Å². The number of rotatable bonds is 5. The number of hydrogen-bond acceptors (Lipinski definition) is 5. The summed E-state index contributed by atoms with van der Waals surface area (Å²) >= 11 is 4.62. The molecular formula is C18H14BrNO4S. The number of thioether (sulfide) groups is 1. The van der Waals surface area contributed by atoms with Crippen molar-refractivity contribution in [3.05, 3.63) is 58.6 Å². The monoisotopic (exact) mass is 419 g/mol. The second-order valence-corrected chi connectivity index (χ2v) is 7.55. The van der Waals surface area contributed by atoms with E-state index in [1.165, 1.54) is 11.8 Å². The first-order valence-electron chi connectivity index (χ1n) is 7.54. The number of anilines is 1. The molecule has 1 N–H and O–H groups in total. The first-order valence-corrected chi connectivity index (χ1v) is 9.21. The van der Waals surface area contributed by atoms with Gasteiger partial charge in [-0.25, -0.2) is 0 Å². The Morgan fingerprint density at radius 1 is 1.12 bits per heavy atom. The van der Waals surface area contributed by atoms with Gasteiger partial charge in [0.05, 0.1) is 17.4 Å². The van der Waals surface area contributed by atoms with E-state index in [-0.39, 0.29) is 24.7 Å². The van der Waals surface area contributed by atoms with E-state index in [0.29, 0.717) is 5.56 Å². The van der Waals surface area contributed by atoms with Crippen molar-refractivity contribution in [1.82, 2.24) is 0 Å². The molecule has 3 rings (SSSR count). The van der Waals surface area contributed by atoms with Gasteiger partial charge in [-0.05, 0) is 24.3 Å². The normalized spacial score (nSPS) is 15.9. The summed E-state index contributed by atoms with van der Waals surface area (Å²) in [6, 6.07) is 14.2. The first kappa shape index (κ1) is 17.7. The second-order valence-electron chi connectivity index (χ2n) is 5.39. The maximum Gasteiger partial charge on any atom is 0.307 e. The van der Waals surface area contributed by atoms with Crippen LogP contribution in [0.4, 0.5) is 5.69 Å². The van der Waals surface area contributed by atoms with Gasteiger partial charge < -0.3 is 10.1 Å². The van der Waals surface area contributed by atoms with Crippen molar-refractivity contribution in [1.29, 1.82) is 0 Å². The van der Waals surface area contributed by atoms with Crippen molar-refractivity contribution in [2.24, 2.45) is 0 Å². The van der Waals surface area contributed by atoms with Crippen molar-refractivity contribution in [3.8, 4) is 0 Å². The highest BCUT2D eigenvalue weighted by molar-refractivity contribution is 9.10. The van der Waals surface area contributed by atoms with Crippen LogP contribution in [0.2, 0.25) is 0 Å². The minimum Gasteiger partial charge on any atom is -0.457 e. The lowest BCUT2D eigenvalue weighted by Gasteiger charge is -2.23. The van der Waals surface area contributed by atoms with E-state index in [4.69, 9.17) is 4.74 Å². The fraction of sp³-hybridized carbons (Fsp3) is 0.167. The summed E-state index contributed by atoms with van der Waals surface area (Å²) in [5.74, 6) is -1.09. The van der Waals surface area contributed by atoms with Crippen LogP contribution in [0, 0.1) is 0 Å². The van der Waals surface area contributed by atoms with Crippen LogP contribution in [-0.2, 0) is 14.3 Å². The Labute approximate surface area is 157 Å². The molecule has 0 saturated heterocycles. The van der Waals surface area contributed by atoms with Gasteiger partial charge in [0.1, 0.15) is 0 Å². The van der Waals surface area contributed by atoms with Crippen LogP contribution in [0.3, 0.4) is 0 Å². The van der Waals surface area contributed by atoms with Gasteiger partial charge in [0.2, 0.25) is 5.91 Å². The molecule has 7 heteroatoms. The second kappa shape index (κ2) is 7.84. The third kappa shape index (κ3) is 4.49. The first-order chi connectivity index (χ1) is 12.0. The lowest BCUT2D eigenvalue weighted by molar-refractivity contribution is -0.143. The van der Waals surface area contributed by atoms with Gasteiger partial charge in [-0.15, -0.1) is 11.8 Å². The number of para-hydroxylation sites is 1. The molecule has 1 heterocycles. The number of amides is 1. The predicted octanol–water partition coefficient (Wildman–Crippen LogP) is 3.68. The van der Waals surface area contributed by atoms with E-state index in [1.807, 2.05) is 24.3 Å². The lowest BCUT2D eigenvalue weighted by Crippen LogP contribution is -2.31. The van der Waals surface area contributed by atoms with Crippen LogP contribution in [-0.4, -0.2) is 29.5 Å². The molecule has 128 valence electrons. The number of benzene rings is 2. The number of ketones is 1. The summed E-state index contributed by atoms with van der Waals surface area (Å²) in [6.07, 6.45) is -0.0849. The molecule has 5 nitrogen and oxygen atoms in total. The summed E-state index contributed by atoms with van der Waals surface area (Å²) < 4.78 is 5.90. The average molecular weight is 420 g/mol. The van der Waals surface area contributed by atoms with Crippen LogP contribution < -0.4 is 5.32 Å². The van der Waals surface area contributed by atoms with Crippen LogP contribution in [0.25, 0.3) is 0 Å². The zero-order valence-corrected chi connectivity index (χ0v) is 15.4. The van der Waals surface area contributed by atoms with Crippen molar-refractivity contribution < 1.29 is 19.1 Å². The smallest absolute Gasteiger partial charge is 0.307 e. The molecule has 1 atom stereocenters. The molecule has 1 amide bonds. The number of halogens is 1. The highest BCUT2D eigenvalue weighted by atomic mass is 79.9. The summed E-state index contributed by atoms with van der Waals surface area (Å²) in [4.78, 5) is 37.0. The molecule has 0 spiro atoms. The number of nitrogens with one attached hydrogen (secondary N) is 1. The molecule has 0 aliphatic carbocycles. The molecule has 1 aliphatic rings. The van der Waals surface area contributed by atoms with E-state index >= 15 is 0 Å². The molecule has 0 saturated carbocycles. The fourth-order valence-corrected chi connectivity index (χ4v) is 3.66. The highest BCUT2D eigenvalue weighted by Crippen LogP contribution is 2.36. The summed E-state index contributed by atoms with van der Waals surface area (Å²) in [7, 11) is 0.